The maximum absolute atomic E-state index is 5.02. The lowest BCUT2D eigenvalue weighted by Crippen LogP contribution is -2.26. The second-order valence-electron chi connectivity index (χ2n) is 10.9. The SMILES string of the molecule is C=C/C=C\C1=C(C)c2ccccc2C12c1ccccc1-c1ccc(-c3nc(/C(C)=C/C)nc(-c4ccccc4)n3)cc12. The average molecular weight is 542 g/mol. The molecule has 2 aliphatic rings. The van der Waals surface area contributed by atoms with Crippen LogP contribution in [0.2, 0.25) is 0 Å². The third kappa shape index (κ3) is 3.70. The van der Waals surface area contributed by atoms with E-state index in [4.69, 9.17) is 15.0 Å². The molecule has 4 aromatic carbocycles. The number of fused-ring (bicyclic) bond motifs is 7. The fourth-order valence-corrected chi connectivity index (χ4v) is 6.65. The van der Waals surface area contributed by atoms with Crippen molar-refractivity contribution in [2.24, 2.45) is 0 Å². The lowest BCUT2D eigenvalue weighted by molar-refractivity contribution is 0.786. The second-order valence-corrected chi connectivity index (χ2v) is 10.9. The van der Waals surface area contributed by atoms with Crippen molar-refractivity contribution in [3.05, 3.63) is 162 Å². The molecule has 0 saturated carbocycles. The Bertz CT molecular complexity index is 1980. The molecule has 1 unspecified atom stereocenters. The predicted octanol–water partition coefficient (Wildman–Crippen LogP) is 9.47. The highest BCUT2D eigenvalue weighted by atomic mass is 15.0. The topological polar surface area (TPSA) is 38.7 Å². The zero-order valence-corrected chi connectivity index (χ0v) is 24.1. The molecular formula is C39H31N3. The van der Waals surface area contributed by atoms with Crippen molar-refractivity contribution in [1.29, 1.82) is 0 Å². The van der Waals surface area contributed by atoms with Gasteiger partial charge in [-0.1, -0.05) is 122 Å². The Morgan fingerprint density at radius 1 is 0.690 bits per heavy atom. The minimum absolute atomic E-state index is 0.445. The van der Waals surface area contributed by atoms with Gasteiger partial charge in [0.2, 0.25) is 0 Å². The molecule has 2 aliphatic carbocycles. The smallest absolute Gasteiger partial charge is 0.164 e. The zero-order chi connectivity index (χ0) is 28.8. The third-order valence-corrected chi connectivity index (χ3v) is 8.70. The van der Waals surface area contributed by atoms with Crippen LogP contribution in [0.15, 0.2) is 134 Å². The van der Waals surface area contributed by atoms with E-state index in [0.29, 0.717) is 17.5 Å². The van der Waals surface area contributed by atoms with Gasteiger partial charge >= 0.3 is 0 Å². The molecule has 0 amide bonds. The molecule has 0 N–H and O–H groups in total. The zero-order valence-electron chi connectivity index (χ0n) is 24.1. The normalized spacial score (nSPS) is 17.1. The molecule has 7 rings (SSSR count). The second kappa shape index (κ2) is 10.0. The Hall–Kier alpha value is -5.15. The van der Waals surface area contributed by atoms with E-state index >= 15 is 0 Å². The maximum Gasteiger partial charge on any atom is 0.164 e. The van der Waals surface area contributed by atoms with Crippen LogP contribution in [0.1, 0.15) is 48.8 Å². The maximum atomic E-state index is 5.02. The van der Waals surface area contributed by atoms with Crippen molar-refractivity contribution in [2.75, 3.05) is 0 Å². The van der Waals surface area contributed by atoms with Crippen LogP contribution >= 0.6 is 0 Å². The van der Waals surface area contributed by atoms with Crippen molar-refractivity contribution in [2.45, 2.75) is 26.2 Å². The molecule has 1 atom stereocenters. The van der Waals surface area contributed by atoms with Crippen LogP contribution in [0.4, 0.5) is 0 Å². The molecule has 42 heavy (non-hydrogen) atoms. The van der Waals surface area contributed by atoms with Gasteiger partial charge in [0.1, 0.15) is 0 Å². The van der Waals surface area contributed by atoms with E-state index < -0.39 is 5.41 Å². The van der Waals surface area contributed by atoms with Crippen molar-refractivity contribution in [1.82, 2.24) is 15.0 Å². The monoisotopic (exact) mass is 541 g/mol. The summed E-state index contributed by atoms with van der Waals surface area (Å²) in [5, 5.41) is 0. The number of benzene rings is 4. The van der Waals surface area contributed by atoms with Crippen LogP contribution in [0.3, 0.4) is 0 Å². The third-order valence-electron chi connectivity index (χ3n) is 8.70. The molecular weight excluding hydrogens is 510 g/mol. The minimum Gasteiger partial charge on any atom is -0.209 e. The molecule has 3 nitrogen and oxygen atoms in total. The molecule has 3 heteroatoms. The van der Waals surface area contributed by atoms with Gasteiger partial charge in [-0.3, -0.25) is 0 Å². The molecule has 0 aliphatic heterocycles. The molecule has 0 fully saturated rings. The fourth-order valence-electron chi connectivity index (χ4n) is 6.65. The first kappa shape index (κ1) is 25.8. The number of rotatable bonds is 5. The van der Waals surface area contributed by atoms with Crippen molar-refractivity contribution in [3.63, 3.8) is 0 Å². The first-order valence-electron chi connectivity index (χ1n) is 14.4. The van der Waals surface area contributed by atoms with Crippen LogP contribution in [0, 0.1) is 0 Å². The Labute approximate surface area is 247 Å². The Morgan fingerprint density at radius 3 is 2.02 bits per heavy atom. The molecule has 1 heterocycles. The number of allylic oxidation sites excluding steroid dienone is 7. The summed E-state index contributed by atoms with van der Waals surface area (Å²) in [6.45, 7) is 10.3. The van der Waals surface area contributed by atoms with Gasteiger partial charge in [0, 0.05) is 11.1 Å². The summed E-state index contributed by atoms with van der Waals surface area (Å²) in [4.78, 5) is 14.9. The molecule has 202 valence electrons. The van der Waals surface area contributed by atoms with E-state index in [2.05, 4.69) is 92.4 Å². The minimum atomic E-state index is -0.445. The predicted molar refractivity (Wildman–Crippen MR) is 174 cm³/mol. The van der Waals surface area contributed by atoms with Gasteiger partial charge in [0.05, 0.1) is 5.41 Å². The highest BCUT2D eigenvalue weighted by Gasteiger charge is 2.51. The first-order valence-corrected chi connectivity index (χ1v) is 14.4. The van der Waals surface area contributed by atoms with Crippen LogP contribution in [0.5, 0.6) is 0 Å². The summed E-state index contributed by atoms with van der Waals surface area (Å²) in [5.41, 5.74) is 12.7. The lowest BCUT2D eigenvalue weighted by atomic mass is 9.69. The number of hydrogen-bond donors (Lipinski definition) is 0. The van der Waals surface area contributed by atoms with Gasteiger partial charge in [-0.2, -0.15) is 0 Å². The quantitative estimate of drug-likeness (QED) is 0.208. The molecule has 0 radical (unpaired) electrons. The fraction of sp³-hybridized carbons (Fsp3) is 0.103. The Morgan fingerprint density at radius 2 is 1.31 bits per heavy atom. The number of aromatic nitrogens is 3. The summed E-state index contributed by atoms with van der Waals surface area (Å²) >= 11 is 0. The van der Waals surface area contributed by atoms with E-state index in [0.717, 1.165) is 16.7 Å². The molecule has 1 spiro atoms. The summed E-state index contributed by atoms with van der Waals surface area (Å²) in [6, 6.07) is 34.5. The Balaban J connectivity index is 1.52. The summed E-state index contributed by atoms with van der Waals surface area (Å²) in [6.07, 6.45) is 8.20. The van der Waals surface area contributed by atoms with Crippen molar-refractivity contribution >= 4 is 11.1 Å². The highest BCUT2D eigenvalue weighted by Crippen LogP contribution is 2.62. The average Bonchev–Trinajstić information content (AvgIpc) is 3.48. The van der Waals surface area contributed by atoms with E-state index in [1.165, 1.54) is 44.5 Å². The molecule has 5 aromatic rings. The molecule has 0 saturated heterocycles. The van der Waals surface area contributed by atoms with Gasteiger partial charge in [-0.15, -0.1) is 0 Å². The van der Waals surface area contributed by atoms with Gasteiger partial charge in [-0.05, 0) is 76.9 Å². The van der Waals surface area contributed by atoms with Crippen molar-refractivity contribution in [3.8, 4) is 33.9 Å². The number of hydrogen-bond acceptors (Lipinski definition) is 3. The number of nitrogens with zero attached hydrogens (tertiary/aromatic N) is 3. The summed E-state index contributed by atoms with van der Waals surface area (Å²) < 4.78 is 0. The molecule has 0 bridgehead atoms. The summed E-state index contributed by atoms with van der Waals surface area (Å²) in [7, 11) is 0. The first-order chi connectivity index (χ1) is 20.6. The molecule has 1 aromatic heterocycles. The standard InChI is InChI=1S/C39H31N3/c1-5-7-19-32-26(4)29-17-11-13-20-33(29)39(32)34-21-14-12-18-30(34)31-23-22-28(24-35(31)39)38-41-36(25(3)6-2)40-37(42-38)27-15-9-8-10-16-27/h5-24H,1H2,2-4H3/b19-7-,25-6+. The van der Waals surface area contributed by atoms with Crippen molar-refractivity contribution < 1.29 is 0 Å². The van der Waals surface area contributed by atoms with Crippen LogP contribution in [0.25, 0.3) is 45.0 Å². The van der Waals surface area contributed by atoms with E-state index in [1.54, 1.807) is 0 Å². The van der Waals surface area contributed by atoms with Gasteiger partial charge in [0.25, 0.3) is 0 Å². The highest BCUT2D eigenvalue weighted by molar-refractivity contribution is 5.96. The van der Waals surface area contributed by atoms with Gasteiger partial charge in [-0.25, -0.2) is 15.0 Å². The van der Waals surface area contributed by atoms with E-state index in [1.807, 2.05) is 56.3 Å². The van der Waals surface area contributed by atoms with Crippen LogP contribution in [-0.2, 0) is 5.41 Å². The van der Waals surface area contributed by atoms with E-state index in [9.17, 15) is 0 Å². The lowest BCUT2D eigenvalue weighted by Gasteiger charge is -2.31. The van der Waals surface area contributed by atoms with Gasteiger partial charge < -0.3 is 0 Å². The van der Waals surface area contributed by atoms with Gasteiger partial charge in [0.15, 0.2) is 17.5 Å². The Kier molecular flexibility index (Phi) is 6.17. The van der Waals surface area contributed by atoms with E-state index in [-0.39, 0.29) is 0 Å². The summed E-state index contributed by atoms with van der Waals surface area (Å²) in [5.74, 6) is 2.03. The van der Waals surface area contributed by atoms with Crippen LogP contribution < -0.4 is 0 Å². The largest absolute Gasteiger partial charge is 0.209 e. The van der Waals surface area contributed by atoms with Crippen LogP contribution in [-0.4, -0.2) is 15.0 Å².